The van der Waals surface area contributed by atoms with Crippen molar-refractivity contribution in [2.24, 2.45) is 0 Å². The van der Waals surface area contributed by atoms with Crippen molar-refractivity contribution in [3.63, 3.8) is 0 Å². The van der Waals surface area contributed by atoms with E-state index in [0.29, 0.717) is 25.7 Å². The van der Waals surface area contributed by atoms with E-state index in [-0.39, 0.29) is 25.8 Å². The molecular weight excluding hydrogens is 499 g/mol. The second kappa shape index (κ2) is 32.2. The van der Waals surface area contributed by atoms with E-state index in [2.05, 4.69) is 18.9 Å². The van der Waals surface area contributed by atoms with Crippen LogP contribution in [0.25, 0.3) is 0 Å². The van der Waals surface area contributed by atoms with Crippen LogP contribution in [0.15, 0.2) is 0 Å². The molecule has 0 heterocycles. The van der Waals surface area contributed by atoms with Crippen molar-refractivity contribution < 1.29 is 65.2 Å². The molecule has 0 radical (unpaired) electrons. The van der Waals surface area contributed by atoms with Crippen molar-refractivity contribution in [2.45, 2.75) is 78.5 Å². The van der Waals surface area contributed by atoms with Crippen LogP contribution in [0.2, 0.25) is 0 Å². The number of ether oxygens (including phenoxy) is 4. The zero-order valence-electron chi connectivity index (χ0n) is 17.1. The standard InChI is InChI=1S/4C4H10O2.Hf/c4*1-3-4(5)6-2;/h4*4-5H,3H2,1-2H3;. The topological polar surface area (TPSA) is 118 Å². The Bertz CT molecular complexity index is 145. The summed E-state index contributed by atoms with van der Waals surface area (Å²) in [5.41, 5.74) is 0. The van der Waals surface area contributed by atoms with Crippen molar-refractivity contribution >= 4 is 0 Å². The Hall–Kier alpha value is 0.550. The predicted molar refractivity (Wildman–Crippen MR) is 93.2 cm³/mol. The van der Waals surface area contributed by atoms with E-state index in [9.17, 15) is 0 Å². The summed E-state index contributed by atoms with van der Waals surface area (Å²) in [5.74, 6) is 0. The SMILES string of the molecule is CCC(O)OC.CCC(O)OC.CCC(O)OC.CCC(O)OC.[Hf]. The maximum absolute atomic E-state index is 8.44. The van der Waals surface area contributed by atoms with E-state index in [4.69, 9.17) is 20.4 Å². The minimum absolute atomic E-state index is 0. The molecule has 0 rings (SSSR count). The number of aliphatic hydroxyl groups is 4. The Morgan fingerprint density at radius 1 is 0.480 bits per heavy atom. The van der Waals surface area contributed by atoms with Crippen molar-refractivity contribution in [1.29, 1.82) is 0 Å². The first-order chi connectivity index (χ1) is 11.2. The van der Waals surface area contributed by atoms with Gasteiger partial charge in [-0.15, -0.1) is 0 Å². The molecule has 0 saturated carbocycles. The first-order valence-electron chi connectivity index (χ1n) is 8.07. The molecule has 0 amide bonds. The molecule has 4 N–H and O–H groups in total. The summed E-state index contributed by atoms with van der Waals surface area (Å²) in [4.78, 5) is 0. The number of aliphatic hydroxyl groups excluding tert-OH is 4. The van der Waals surface area contributed by atoms with Crippen molar-refractivity contribution in [3.05, 3.63) is 0 Å². The van der Waals surface area contributed by atoms with Crippen molar-refractivity contribution in [2.75, 3.05) is 28.4 Å². The van der Waals surface area contributed by atoms with Gasteiger partial charge in [-0.3, -0.25) is 0 Å². The Balaban J connectivity index is -0.0000000702. The van der Waals surface area contributed by atoms with Gasteiger partial charge >= 0.3 is 0 Å². The summed E-state index contributed by atoms with van der Waals surface area (Å²) >= 11 is 0. The zero-order chi connectivity index (χ0) is 20.0. The van der Waals surface area contributed by atoms with E-state index in [0.717, 1.165) is 0 Å². The molecule has 25 heavy (non-hydrogen) atoms. The van der Waals surface area contributed by atoms with Gasteiger partial charge in [-0.05, 0) is 25.7 Å². The number of methoxy groups -OCH3 is 4. The second-order valence-corrected chi connectivity index (χ2v) is 4.39. The smallest absolute Gasteiger partial charge is 0.153 e. The minimum atomic E-state index is -0.565. The Morgan fingerprint density at radius 2 is 0.600 bits per heavy atom. The largest absolute Gasteiger partial charge is 0.368 e. The third kappa shape index (κ3) is 45.6. The van der Waals surface area contributed by atoms with Crippen LogP contribution >= 0.6 is 0 Å². The molecule has 0 spiro atoms. The maximum atomic E-state index is 8.44. The van der Waals surface area contributed by atoms with Crippen LogP contribution in [0.3, 0.4) is 0 Å². The third-order valence-corrected chi connectivity index (χ3v) is 2.49. The van der Waals surface area contributed by atoms with Crippen molar-refractivity contribution in [1.82, 2.24) is 0 Å². The van der Waals surface area contributed by atoms with Gasteiger partial charge in [0.1, 0.15) is 0 Å². The van der Waals surface area contributed by atoms with E-state index >= 15 is 0 Å². The molecule has 0 aromatic carbocycles. The quantitative estimate of drug-likeness (QED) is 0.271. The molecule has 8 nitrogen and oxygen atoms in total. The summed E-state index contributed by atoms with van der Waals surface area (Å²) in [5, 5.41) is 33.8. The van der Waals surface area contributed by atoms with Gasteiger partial charge in [0.2, 0.25) is 0 Å². The Kier molecular flexibility index (Phi) is 47.0. The molecule has 0 aromatic heterocycles. The summed E-state index contributed by atoms with van der Waals surface area (Å²) < 4.78 is 17.8. The number of hydrogen-bond donors (Lipinski definition) is 4. The third-order valence-electron chi connectivity index (χ3n) is 2.49. The van der Waals surface area contributed by atoms with Crippen LogP contribution in [-0.4, -0.2) is 74.0 Å². The van der Waals surface area contributed by atoms with Gasteiger partial charge < -0.3 is 39.4 Å². The van der Waals surface area contributed by atoms with Crippen LogP contribution < -0.4 is 0 Å². The van der Waals surface area contributed by atoms with Gasteiger partial charge in [-0.2, -0.15) is 0 Å². The molecule has 9 heteroatoms. The van der Waals surface area contributed by atoms with E-state index in [1.807, 2.05) is 27.7 Å². The molecule has 0 bridgehead atoms. The molecule has 0 aliphatic heterocycles. The Morgan fingerprint density at radius 3 is 0.600 bits per heavy atom. The Labute approximate surface area is 172 Å². The summed E-state index contributed by atoms with van der Waals surface area (Å²) in [6.07, 6.45) is 0.394. The van der Waals surface area contributed by atoms with Crippen molar-refractivity contribution in [3.8, 4) is 0 Å². The van der Waals surface area contributed by atoms with Gasteiger partial charge in [0, 0.05) is 54.3 Å². The van der Waals surface area contributed by atoms with Crippen LogP contribution in [0, 0.1) is 0 Å². The molecule has 0 aliphatic carbocycles. The van der Waals surface area contributed by atoms with Gasteiger partial charge in [-0.1, -0.05) is 27.7 Å². The fourth-order valence-corrected chi connectivity index (χ4v) is 0.667. The normalized spacial score (nSPS) is 13.9. The molecule has 0 fully saturated rings. The molecule has 4 unspecified atom stereocenters. The average molecular weight is 539 g/mol. The molecule has 0 aliphatic rings. The van der Waals surface area contributed by atoms with E-state index < -0.39 is 25.2 Å². The molecule has 0 aromatic rings. The second-order valence-electron chi connectivity index (χ2n) is 4.39. The fourth-order valence-electron chi connectivity index (χ4n) is 0.667. The fraction of sp³-hybridized carbons (Fsp3) is 1.00. The monoisotopic (exact) mass is 540 g/mol. The van der Waals surface area contributed by atoms with Crippen LogP contribution in [0.1, 0.15) is 53.4 Å². The number of hydrogen-bond acceptors (Lipinski definition) is 8. The summed E-state index contributed by atoms with van der Waals surface area (Å²) in [6, 6.07) is 0. The summed E-state index contributed by atoms with van der Waals surface area (Å²) in [7, 11) is 5.92. The summed E-state index contributed by atoms with van der Waals surface area (Å²) in [6.45, 7) is 7.42. The minimum Gasteiger partial charge on any atom is -0.368 e. The molecule has 0 saturated heterocycles. The molecular formula is C16H40HfO8. The van der Waals surface area contributed by atoms with Gasteiger partial charge in [0.25, 0.3) is 0 Å². The average Bonchev–Trinajstić information content (AvgIpc) is 2.66. The van der Waals surface area contributed by atoms with E-state index in [1.165, 1.54) is 28.4 Å². The first-order valence-corrected chi connectivity index (χ1v) is 8.07. The van der Waals surface area contributed by atoms with Gasteiger partial charge in [-0.25, -0.2) is 0 Å². The van der Waals surface area contributed by atoms with E-state index in [1.54, 1.807) is 0 Å². The predicted octanol–water partition coefficient (Wildman–Crippen LogP) is 1.44. The van der Waals surface area contributed by atoms with Crippen LogP contribution in [0.4, 0.5) is 0 Å². The molecule has 4 atom stereocenters. The van der Waals surface area contributed by atoms with Crippen LogP contribution in [0.5, 0.6) is 0 Å². The first kappa shape index (κ1) is 36.5. The van der Waals surface area contributed by atoms with Gasteiger partial charge in [0.15, 0.2) is 25.2 Å². The zero-order valence-corrected chi connectivity index (χ0v) is 20.7. The molecule has 156 valence electrons. The van der Waals surface area contributed by atoms with Crippen LogP contribution in [-0.2, 0) is 44.8 Å². The maximum Gasteiger partial charge on any atom is 0.153 e. The van der Waals surface area contributed by atoms with Gasteiger partial charge in [0.05, 0.1) is 0 Å². The number of rotatable bonds is 8.